The first-order chi connectivity index (χ1) is 16.1. The van der Waals surface area contributed by atoms with Gasteiger partial charge in [0.15, 0.2) is 0 Å². The van der Waals surface area contributed by atoms with Crippen LogP contribution in [0.15, 0.2) is 29.2 Å². The zero-order chi connectivity index (χ0) is 24.5. The van der Waals surface area contributed by atoms with E-state index in [1.54, 1.807) is 24.3 Å². The van der Waals surface area contributed by atoms with Crippen LogP contribution in [0, 0.1) is 5.92 Å². The van der Waals surface area contributed by atoms with Crippen LogP contribution in [-0.2, 0) is 19.5 Å². The first kappa shape index (κ1) is 25.6. The fraction of sp³-hybridized carbons (Fsp3) is 0.720. The normalized spacial score (nSPS) is 30.4. The highest BCUT2D eigenvalue weighted by Gasteiger charge is 2.33. The first-order valence-corrected chi connectivity index (χ1v) is 14.0. The van der Waals surface area contributed by atoms with E-state index in [1.807, 2.05) is 18.7 Å². The fourth-order valence-corrected chi connectivity index (χ4v) is 7.14. The van der Waals surface area contributed by atoms with E-state index >= 15 is 0 Å². The van der Waals surface area contributed by atoms with Crippen LogP contribution < -0.4 is 0 Å². The average molecular weight is 494 g/mol. The molecule has 4 unspecified atom stereocenters. The molecule has 0 aliphatic carbocycles. The SMILES string of the molecule is CC1CN(CC2CCN(C(=O)c3ccc(S(=O)(=O)N4CC(C)OC(C)C4)cc3)CC2)CC(C)O1. The van der Waals surface area contributed by atoms with Gasteiger partial charge in [-0.05, 0) is 70.7 Å². The molecule has 0 bridgehead atoms. The molecule has 0 aromatic heterocycles. The Hall–Kier alpha value is -1.52. The zero-order valence-electron chi connectivity index (χ0n) is 20.9. The van der Waals surface area contributed by atoms with E-state index in [-0.39, 0.29) is 35.2 Å². The van der Waals surface area contributed by atoms with Crippen LogP contribution >= 0.6 is 0 Å². The molecule has 190 valence electrons. The monoisotopic (exact) mass is 493 g/mol. The Morgan fingerprint density at radius 3 is 1.88 bits per heavy atom. The van der Waals surface area contributed by atoms with Crippen molar-refractivity contribution < 1.29 is 22.7 Å². The number of sulfonamides is 1. The number of hydrogen-bond donors (Lipinski definition) is 0. The minimum Gasteiger partial charge on any atom is -0.373 e. The van der Waals surface area contributed by atoms with Crippen molar-refractivity contribution in [2.45, 2.75) is 69.8 Å². The number of hydrogen-bond acceptors (Lipinski definition) is 6. The Morgan fingerprint density at radius 1 is 0.853 bits per heavy atom. The summed E-state index contributed by atoms with van der Waals surface area (Å²) >= 11 is 0. The Kier molecular flexibility index (Phi) is 7.99. The van der Waals surface area contributed by atoms with Crippen molar-refractivity contribution in [1.82, 2.24) is 14.1 Å². The lowest BCUT2D eigenvalue weighted by Crippen LogP contribution is -2.48. The molecule has 3 saturated heterocycles. The fourth-order valence-electron chi connectivity index (χ4n) is 5.55. The van der Waals surface area contributed by atoms with Gasteiger partial charge in [0.2, 0.25) is 10.0 Å². The van der Waals surface area contributed by atoms with Gasteiger partial charge in [-0.1, -0.05) is 0 Å². The van der Waals surface area contributed by atoms with E-state index in [0.717, 1.165) is 45.6 Å². The Balaban J connectivity index is 1.32. The van der Waals surface area contributed by atoms with Crippen LogP contribution in [0.5, 0.6) is 0 Å². The van der Waals surface area contributed by atoms with Crippen molar-refractivity contribution in [2.75, 3.05) is 45.8 Å². The summed E-state index contributed by atoms with van der Waals surface area (Å²) in [5.74, 6) is 0.567. The maximum absolute atomic E-state index is 13.1. The van der Waals surface area contributed by atoms with E-state index in [0.29, 0.717) is 24.6 Å². The van der Waals surface area contributed by atoms with E-state index in [2.05, 4.69) is 18.7 Å². The number of rotatable bonds is 5. The lowest BCUT2D eigenvalue weighted by Gasteiger charge is -2.39. The second kappa shape index (κ2) is 10.6. The van der Waals surface area contributed by atoms with Crippen molar-refractivity contribution >= 4 is 15.9 Å². The summed E-state index contributed by atoms with van der Waals surface area (Å²) in [5, 5.41) is 0. The molecule has 1 amide bonds. The van der Waals surface area contributed by atoms with Gasteiger partial charge in [-0.15, -0.1) is 0 Å². The minimum absolute atomic E-state index is 0.0235. The molecule has 0 spiro atoms. The number of benzene rings is 1. The molecule has 4 atom stereocenters. The first-order valence-electron chi connectivity index (χ1n) is 12.5. The van der Waals surface area contributed by atoms with Crippen LogP contribution in [0.2, 0.25) is 0 Å². The predicted octanol–water partition coefficient (Wildman–Crippen LogP) is 2.45. The van der Waals surface area contributed by atoms with Gasteiger partial charge in [0.1, 0.15) is 0 Å². The largest absolute Gasteiger partial charge is 0.373 e. The second-order valence-electron chi connectivity index (χ2n) is 10.3. The summed E-state index contributed by atoms with van der Waals surface area (Å²) in [7, 11) is -3.61. The Labute approximate surface area is 204 Å². The number of morpholine rings is 2. The summed E-state index contributed by atoms with van der Waals surface area (Å²) in [6.07, 6.45) is 2.24. The predicted molar refractivity (Wildman–Crippen MR) is 130 cm³/mol. The maximum Gasteiger partial charge on any atom is 0.253 e. The summed E-state index contributed by atoms with van der Waals surface area (Å²) in [6.45, 7) is 13.2. The highest BCUT2D eigenvalue weighted by atomic mass is 32.2. The van der Waals surface area contributed by atoms with Gasteiger partial charge >= 0.3 is 0 Å². The van der Waals surface area contributed by atoms with Crippen molar-refractivity contribution in [1.29, 1.82) is 0 Å². The van der Waals surface area contributed by atoms with Crippen molar-refractivity contribution in [2.24, 2.45) is 5.92 Å². The molecule has 3 fully saturated rings. The highest BCUT2D eigenvalue weighted by Crippen LogP contribution is 2.24. The van der Waals surface area contributed by atoms with Gasteiger partial charge in [0.25, 0.3) is 5.91 Å². The summed E-state index contributed by atoms with van der Waals surface area (Å²) < 4.78 is 39.1. The van der Waals surface area contributed by atoms with E-state index < -0.39 is 10.0 Å². The number of ether oxygens (including phenoxy) is 2. The molecule has 0 radical (unpaired) electrons. The molecule has 1 aromatic rings. The van der Waals surface area contributed by atoms with Crippen molar-refractivity contribution in [3.05, 3.63) is 29.8 Å². The molecular weight excluding hydrogens is 454 g/mol. The summed E-state index contributed by atoms with van der Waals surface area (Å²) in [6, 6.07) is 6.40. The van der Waals surface area contributed by atoms with Gasteiger partial charge in [-0.2, -0.15) is 4.31 Å². The third-order valence-corrected chi connectivity index (χ3v) is 8.88. The summed E-state index contributed by atoms with van der Waals surface area (Å²) in [5.41, 5.74) is 0.539. The molecule has 3 aliphatic rings. The zero-order valence-corrected chi connectivity index (χ0v) is 21.7. The molecule has 4 rings (SSSR count). The second-order valence-corrected chi connectivity index (χ2v) is 12.3. The van der Waals surface area contributed by atoms with E-state index in [9.17, 15) is 13.2 Å². The van der Waals surface area contributed by atoms with Gasteiger partial charge in [0, 0.05) is 51.4 Å². The standard InChI is InChI=1S/C25H39N3O5S/c1-18-13-26(14-19(2)32-18)17-22-9-11-27(12-10-22)25(29)23-5-7-24(8-6-23)34(30,31)28-15-20(3)33-21(4)16-28/h5-8,18-22H,9-17H2,1-4H3. The van der Waals surface area contributed by atoms with Crippen molar-refractivity contribution in [3.8, 4) is 0 Å². The number of nitrogens with zero attached hydrogens (tertiary/aromatic N) is 3. The number of amides is 1. The number of likely N-dealkylation sites (tertiary alicyclic amines) is 1. The van der Waals surface area contributed by atoms with Crippen LogP contribution in [0.3, 0.4) is 0 Å². The van der Waals surface area contributed by atoms with Gasteiger partial charge in [-0.3, -0.25) is 9.69 Å². The van der Waals surface area contributed by atoms with Crippen LogP contribution in [0.25, 0.3) is 0 Å². The average Bonchev–Trinajstić information content (AvgIpc) is 2.78. The molecule has 0 saturated carbocycles. The number of piperidine rings is 1. The molecule has 3 heterocycles. The lowest BCUT2D eigenvalue weighted by molar-refractivity contribution is -0.0728. The third-order valence-electron chi connectivity index (χ3n) is 7.04. The molecular formula is C25H39N3O5S. The maximum atomic E-state index is 13.1. The third kappa shape index (κ3) is 5.99. The van der Waals surface area contributed by atoms with Gasteiger partial charge in [-0.25, -0.2) is 8.42 Å². The van der Waals surface area contributed by atoms with Crippen LogP contribution in [-0.4, -0.2) is 98.7 Å². The van der Waals surface area contributed by atoms with E-state index in [4.69, 9.17) is 9.47 Å². The van der Waals surface area contributed by atoms with Crippen molar-refractivity contribution in [3.63, 3.8) is 0 Å². The number of carbonyl (C=O) groups is 1. The van der Waals surface area contributed by atoms with Gasteiger partial charge < -0.3 is 14.4 Å². The Morgan fingerprint density at radius 2 is 1.35 bits per heavy atom. The highest BCUT2D eigenvalue weighted by molar-refractivity contribution is 7.89. The minimum atomic E-state index is -3.61. The molecule has 8 nitrogen and oxygen atoms in total. The quantitative estimate of drug-likeness (QED) is 0.627. The van der Waals surface area contributed by atoms with E-state index in [1.165, 1.54) is 4.31 Å². The van der Waals surface area contributed by atoms with Gasteiger partial charge in [0.05, 0.1) is 29.3 Å². The topological polar surface area (TPSA) is 79.4 Å². The van der Waals surface area contributed by atoms with Crippen LogP contribution in [0.4, 0.5) is 0 Å². The summed E-state index contributed by atoms with van der Waals surface area (Å²) in [4.78, 5) is 17.7. The molecule has 34 heavy (non-hydrogen) atoms. The van der Waals surface area contributed by atoms with Crippen LogP contribution in [0.1, 0.15) is 50.9 Å². The smallest absolute Gasteiger partial charge is 0.253 e. The molecule has 3 aliphatic heterocycles. The molecule has 1 aromatic carbocycles. The lowest BCUT2D eigenvalue weighted by atomic mass is 9.95. The number of carbonyl (C=O) groups excluding carboxylic acids is 1. The Bertz CT molecular complexity index is 926. The molecule has 9 heteroatoms. The molecule has 0 N–H and O–H groups in total.